The van der Waals surface area contributed by atoms with Gasteiger partial charge < -0.3 is 11.1 Å². The lowest BCUT2D eigenvalue weighted by Crippen LogP contribution is -2.23. The lowest BCUT2D eigenvalue weighted by atomic mass is 9.86. The molecule has 0 saturated heterocycles. The summed E-state index contributed by atoms with van der Waals surface area (Å²) in [5.74, 6) is 1.15. The van der Waals surface area contributed by atoms with Gasteiger partial charge in [0.25, 0.3) is 5.91 Å². The van der Waals surface area contributed by atoms with Gasteiger partial charge in [0.05, 0.1) is 6.54 Å². The summed E-state index contributed by atoms with van der Waals surface area (Å²) in [5, 5.41) is 9.95. The topological polar surface area (TPSA) is 96.7 Å². The number of aromatic nitrogens is 3. The molecule has 0 spiro atoms. The Hall–Kier alpha value is -3.15. The molecule has 0 radical (unpaired) electrons. The van der Waals surface area contributed by atoms with Gasteiger partial charge in [0.15, 0.2) is 5.82 Å². The largest absolute Gasteiger partial charge is 0.399 e. The first-order valence-corrected chi connectivity index (χ1v) is 8.94. The second kappa shape index (κ2) is 7.61. The minimum atomic E-state index is -0.175. The van der Waals surface area contributed by atoms with E-state index in [1.165, 1.54) is 5.56 Å². The highest BCUT2D eigenvalue weighted by molar-refractivity contribution is 5.94. The first kappa shape index (κ1) is 18.6. The molecule has 0 saturated carbocycles. The van der Waals surface area contributed by atoms with Crippen LogP contribution in [-0.4, -0.2) is 21.1 Å². The molecule has 0 aliphatic heterocycles. The minimum absolute atomic E-state index is 0.138. The fourth-order valence-corrected chi connectivity index (χ4v) is 2.70. The quantitative estimate of drug-likeness (QED) is 0.606. The number of carbonyl (C=O) groups excluding carboxylic acids is 1. The number of H-pyrrole nitrogens is 1. The molecule has 1 aromatic heterocycles. The number of aromatic amines is 1. The molecule has 0 unspecified atom stereocenters. The van der Waals surface area contributed by atoms with Crippen LogP contribution in [-0.2, 0) is 18.4 Å². The van der Waals surface area contributed by atoms with Gasteiger partial charge in [-0.05, 0) is 40.8 Å². The summed E-state index contributed by atoms with van der Waals surface area (Å²) >= 11 is 0. The van der Waals surface area contributed by atoms with Crippen LogP contribution in [0, 0.1) is 0 Å². The molecular formula is C21H25N5O. The fourth-order valence-electron chi connectivity index (χ4n) is 2.70. The van der Waals surface area contributed by atoms with E-state index in [1.807, 2.05) is 0 Å². The summed E-state index contributed by atoms with van der Waals surface area (Å²) in [4.78, 5) is 16.6. The summed E-state index contributed by atoms with van der Waals surface area (Å²) in [6, 6.07) is 15.3. The van der Waals surface area contributed by atoms with Crippen molar-refractivity contribution in [2.75, 3.05) is 5.73 Å². The highest BCUT2D eigenvalue weighted by atomic mass is 16.1. The Morgan fingerprint density at radius 2 is 1.74 bits per heavy atom. The average molecular weight is 363 g/mol. The summed E-state index contributed by atoms with van der Waals surface area (Å²) < 4.78 is 0. The van der Waals surface area contributed by atoms with E-state index in [0.717, 1.165) is 5.56 Å². The van der Waals surface area contributed by atoms with Crippen molar-refractivity contribution in [1.82, 2.24) is 20.5 Å². The Balaban J connectivity index is 1.57. The van der Waals surface area contributed by atoms with Crippen molar-refractivity contribution in [3.63, 3.8) is 0 Å². The van der Waals surface area contributed by atoms with E-state index < -0.39 is 0 Å². The third-order valence-electron chi connectivity index (χ3n) is 4.35. The second-order valence-corrected chi connectivity index (χ2v) is 7.63. The molecule has 0 aliphatic rings. The molecule has 0 aliphatic carbocycles. The average Bonchev–Trinajstić information content (AvgIpc) is 3.07. The second-order valence-electron chi connectivity index (χ2n) is 7.63. The molecule has 0 fully saturated rings. The van der Waals surface area contributed by atoms with Gasteiger partial charge in [-0.2, -0.15) is 5.10 Å². The van der Waals surface area contributed by atoms with E-state index in [-0.39, 0.29) is 11.3 Å². The van der Waals surface area contributed by atoms with E-state index in [4.69, 9.17) is 5.73 Å². The molecular weight excluding hydrogens is 338 g/mol. The van der Waals surface area contributed by atoms with Crippen LogP contribution < -0.4 is 11.1 Å². The zero-order valence-corrected chi connectivity index (χ0v) is 15.9. The van der Waals surface area contributed by atoms with Crippen LogP contribution in [0.25, 0.3) is 0 Å². The maximum Gasteiger partial charge on any atom is 0.251 e. The van der Waals surface area contributed by atoms with Crippen molar-refractivity contribution < 1.29 is 4.79 Å². The Kier molecular flexibility index (Phi) is 5.26. The summed E-state index contributed by atoms with van der Waals surface area (Å²) in [7, 11) is 0. The Morgan fingerprint density at radius 3 is 2.37 bits per heavy atom. The van der Waals surface area contributed by atoms with Crippen molar-refractivity contribution >= 4 is 11.6 Å². The lowest BCUT2D eigenvalue weighted by molar-refractivity contribution is 0.0950. The van der Waals surface area contributed by atoms with Crippen molar-refractivity contribution in [3.05, 3.63) is 76.9 Å². The third kappa shape index (κ3) is 4.94. The monoisotopic (exact) mass is 363 g/mol. The number of rotatable bonds is 5. The van der Waals surface area contributed by atoms with E-state index in [2.05, 4.69) is 65.5 Å². The molecule has 3 aromatic rings. The van der Waals surface area contributed by atoms with Crippen LogP contribution in [0.3, 0.4) is 0 Å². The highest BCUT2D eigenvalue weighted by Crippen LogP contribution is 2.22. The SMILES string of the molecule is CC(C)(C)c1ccc(Cc2n[nH]c(CNC(=O)c3ccc(N)cc3)n2)cc1. The lowest BCUT2D eigenvalue weighted by Gasteiger charge is -2.18. The van der Waals surface area contributed by atoms with Gasteiger partial charge in [-0.3, -0.25) is 9.89 Å². The van der Waals surface area contributed by atoms with Crippen LogP contribution in [0.1, 0.15) is 53.9 Å². The van der Waals surface area contributed by atoms with Gasteiger partial charge in [-0.25, -0.2) is 4.98 Å². The maximum absolute atomic E-state index is 12.1. The van der Waals surface area contributed by atoms with Crippen molar-refractivity contribution in [3.8, 4) is 0 Å². The molecule has 27 heavy (non-hydrogen) atoms. The predicted octanol–water partition coefficient (Wildman–Crippen LogP) is 3.21. The number of hydrogen-bond donors (Lipinski definition) is 3. The molecule has 6 heteroatoms. The Morgan fingerprint density at radius 1 is 1.07 bits per heavy atom. The number of nitrogens with one attached hydrogen (secondary N) is 2. The molecule has 3 rings (SSSR count). The number of nitrogens with zero attached hydrogens (tertiary/aromatic N) is 2. The van der Waals surface area contributed by atoms with Gasteiger partial charge in [0.1, 0.15) is 5.82 Å². The smallest absolute Gasteiger partial charge is 0.251 e. The minimum Gasteiger partial charge on any atom is -0.399 e. The number of nitrogens with two attached hydrogens (primary N) is 1. The number of nitrogen functional groups attached to an aromatic ring is 1. The Labute approximate surface area is 159 Å². The molecule has 1 heterocycles. The Bertz CT molecular complexity index is 905. The third-order valence-corrected chi connectivity index (χ3v) is 4.35. The first-order chi connectivity index (χ1) is 12.8. The standard InChI is InChI=1S/C21H25N5O/c1-21(2,3)16-8-4-14(5-9-16)12-18-24-19(26-25-18)13-23-20(27)15-6-10-17(22)11-7-15/h4-11H,12-13,22H2,1-3H3,(H,23,27)(H,24,25,26). The zero-order valence-electron chi connectivity index (χ0n) is 15.9. The molecule has 0 atom stereocenters. The van der Waals surface area contributed by atoms with Crippen LogP contribution >= 0.6 is 0 Å². The van der Waals surface area contributed by atoms with Gasteiger partial charge in [-0.1, -0.05) is 45.0 Å². The van der Waals surface area contributed by atoms with Crippen LogP contribution in [0.2, 0.25) is 0 Å². The summed E-state index contributed by atoms with van der Waals surface area (Å²) in [5.41, 5.74) is 9.41. The van der Waals surface area contributed by atoms with Gasteiger partial charge in [0.2, 0.25) is 0 Å². The number of anilines is 1. The van der Waals surface area contributed by atoms with Gasteiger partial charge in [-0.15, -0.1) is 0 Å². The predicted molar refractivity (Wildman–Crippen MR) is 106 cm³/mol. The highest BCUT2D eigenvalue weighted by Gasteiger charge is 2.13. The summed E-state index contributed by atoms with van der Waals surface area (Å²) in [6.45, 7) is 6.88. The molecule has 140 valence electrons. The van der Waals surface area contributed by atoms with E-state index >= 15 is 0 Å². The normalized spacial score (nSPS) is 11.4. The van der Waals surface area contributed by atoms with E-state index in [9.17, 15) is 4.79 Å². The summed E-state index contributed by atoms with van der Waals surface area (Å²) in [6.07, 6.45) is 0.646. The van der Waals surface area contributed by atoms with Crippen LogP contribution in [0.4, 0.5) is 5.69 Å². The zero-order chi connectivity index (χ0) is 19.4. The molecule has 0 bridgehead atoms. The van der Waals surface area contributed by atoms with Crippen LogP contribution in [0.5, 0.6) is 0 Å². The number of hydrogen-bond acceptors (Lipinski definition) is 4. The molecule has 6 nitrogen and oxygen atoms in total. The van der Waals surface area contributed by atoms with Crippen molar-refractivity contribution in [2.24, 2.45) is 0 Å². The fraction of sp³-hybridized carbons (Fsp3) is 0.286. The van der Waals surface area contributed by atoms with Crippen molar-refractivity contribution in [2.45, 2.75) is 39.2 Å². The van der Waals surface area contributed by atoms with E-state index in [0.29, 0.717) is 35.9 Å². The van der Waals surface area contributed by atoms with Gasteiger partial charge in [0, 0.05) is 17.7 Å². The first-order valence-electron chi connectivity index (χ1n) is 8.94. The number of amides is 1. The molecule has 1 amide bonds. The van der Waals surface area contributed by atoms with E-state index in [1.54, 1.807) is 24.3 Å². The molecule has 2 aromatic carbocycles. The van der Waals surface area contributed by atoms with Crippen molar-refractivity contribution in [1.29, 1.82) is 0 Å². The number of carbonyl (C=O) groups is 1. The number of benzene rings is 2. The van der Waals surface area contributed by atoms with Crippen LogP contribution in [0.15, 0.2) is 48.5 Å². The molecule has 4 N–H and O–H groups in total. The maximum atomic E-state index is 12.1. The van der Waals surface area contributed by atoms with Gasteiger partial charge >= 0.3 is 0 Å².